The molecule has 100 valence electrons. The molecule has 6 nitrogen and oxygen atoms in total. The molecule has 0 aliphatic carbocycles. The lowest BCUT2D eigenvalue weighted by atomic mass is 10.1. The van der Waals surface area contributed by atoms with Crippen LogP contribution in [0.5, 0.6) is 0 Å². The Bertz CT molecular complexity index is 408. The van der Waals surface area contributed by atoms with Crippen molar-refractivity contribution in [2.45, 2.75) is 26.3 Å². The first-order valence-corrected chi connectivity index (χ1v) is 7.08. The highest BCUT2D eigenvalue weighted by Gasteiger charge is 2.27. The zero-order valence-electron chi connectivity index (χ0n) is 10.6. The van der Waals surface area contributed by atoms with Gasteiger partial charge in [0.1, 0.15) is 5.01 Å². The minimum absolute atomic E-state index is 0.00407. The van der Waals surface area contributed by atoms with E-state index in [2.05, 4.69) is 27.3 Å². The van der Waals surface area contributed by atoms with Crippen LogP contribution < -0.4 is 11.1 Å². The van der Waals surface area contributed by atoms with Crippen molar-refractivity contribution in [3.05, 3.63) is 5.01 Å². The second kappa shape index (κ2) is 6.10. The molecule has 18 heavy (non-hydrogen) atoms. The summed E-state index contributed by atoms with van der Waals surface area (Å²) in [6.45, 7) is 5.44. The monoisotopic (exact) mass is 269 g/mol. The molecule has 1 aliphatic heterocycles. The minimum atomic E-state index is -0.194. The number of hydrogen-bond acceptors (Lipinski definition) is 6. The topological polar surface area (TPSA) is 84.1 Å². The fraction of sp³-hybridized carbons (Fsp3) is 0.727. The molecule has 2 rings (SSSR count). The van der Waals surface area contributed by atoms with Crippen molar-refractivity contribution >= 4 is 22.4 Å². The van der Waals surface area contributed by atoms with Gasteiger partial charge in [-0.2, -0.15) is 0 Å². The number of carbonyl (C=O) groups excluding carboxylic acids is 1. The Morgan fingerprint density at radius 2 is 2.44 bits per heavy atom. The van der Waals surface area contributed by atoms with Crippen LogP contribution in [-0.2, 0) is 11.3 Å². The van der Waals surface area contributed by atoms with Gasteiger partial charge in [0.05, 0.1) is 12.5 Å². The van der Waals surface area contributed by atoms with Crippen molar-refractivity contribution in [3.8, 4) is 0 Å². The number of amides is 1. The first-order valence-electron chi connectivity index (χ1n) is 6.27. The van der Waals surface area contributed by atoms with Gasteiger partial charge in [0.2, 0.25) is 11.0 Å². The standard InChI is InChI=1S/C11H19N5OS/c1-2-4-13-11-15-14-9(18-11)7-16-5-3-8(6-16)10(12)17/h8H,2-7H2,1H3,(H2,12,17)(H,13,15). The van der Waals surface area contributed by atoms with E-state index in [1.807, 2.05) is 0 Å². The molecule has 1 fully saturated rings. The molecule has 1 aliphatic rings. The molecule has 1 saturated heterocycles. The predicted octanol–water partition coefficient (Wildman–Crippen LogP) is 0.667. The van der Waals surface area contributed by atoms with Crippen molar-refractivity contribution in [3.63, 3.8) is 0 Å². The van der Waals surface area contributed by atoms with Crippen molar-refractivity contribution in [1.82, 2.24) is 15.1 Å². The van der Waals surface area contributed by atoms with E-state index in [0.717, 1.165) is 49.2 Å². The number of anilines is 1. The van der Waals surface area contributed by atoms with Crippen LogP contribution in [0.25, 0.3) is 0 Å². The molecule has 1 unspecified atom stereocenters. The average molecular weight is 269 g/mol. The number of nitrogens with two attached hydrogens (primary N) is 1. The molecule has 1 atom stereocenters. The largest absolute Gasteiger partial charge is 0.369 e. The van der Waals surface area contributed by atoms with E-state index in [1.165, 1.54) is 0 Å². The zero-order chi connectivity index (χ0) is 13.0. The summed E-state index contributed by atoms with van der Waals surface area (Å²) in [4.78, 5) is 13.3. The lowest BCUT2D eigenvalue weighted by Crippen LogP contribution is -2.27. The van der Waals surface area contributed by atoms with E-state index in [1.54, 1.807) is 11.3 Å². The maximum atomic E-state index is 11.1. The molecule has 0 saturated carbocycles. The Morgan fingerprint density at radius 1 is 1.61 bits per heavy atom. The van der Waals surface area contributed by atoms with Gasteiger partial charge in [-0.05, 0) is 19.4 Å². The average Bonchev–Trinajstić information content (AvgIpc) is 2.96. The summed E-state index contributed by atoms with van der Waals surface area (Å²) < 4.78 is 0. The molecule has 1 aromatic rings. The fourth-order valence-corrected chi connectivity index (χ4v) is 2.83. The highest BCUT2D eigenvalue weighted by atomic mass is 32.1. The van der Waals surface area contributed by atoms with Gasteiger partial charge in [-0.3, -0.25) is 9.69 Å². The van der Waals surface area contributed by atoms with Crippen LogP contribution in [0.1, 0.15) is 24.8 Å². The van der Waals surface area contributed by atoms with Gasteiger partial charge < -0.3 is 11.1 Å². The van der Waals surface area contributed by atoms with Gasteiger partial charge in [0.15, 0.2) is 0 Å². The van der Waals surface area contributed by atoms with Gasteiger partial charge in [0, 0.05) is 13.1 Å². The zero-order valence-corrected chi connectivity index (χ0v) is 11.4. The van der Waals surface area contributed by atoms with E-state index < -0.39 is 0 Å². The lowest BCUT2D eigenvalue weighted by Gasteiger charge is -2.12. The van der Waals surface area contributed by atoms with Crippen LogP contribution in [0.2, 0.25) is 0 Å². The Morgan fingerprint density at radius 3 is 3.11 bits per heavy atom. The van der Waals surface area contributed by atoms with E-state index in [9.17, 15) is 4.79 Å². The molecule has 0 bridgehead atoms. The van der Waals surface area contributed by atoms with Gasteiger partial charge in [-0.1, -0.05) is 18.3 Å². The molecule has 0 radical (unpaired) electrons. The maximum Gasteiger partial charge on any atom is 0.221 e. The second-order valence-electron chi connectivity index (χ2n) is 4.55. The van der Waals surface area contributed by atoms with Crippen LogP contribution >= 0.6 is 11.3 Å². The highest BCUT2D eigenvalue weighted by Crippen LogP contribution is 2.21. The quantitative estimate of drug-likeness (QED) is 0.793. The lowest BCUT2D eigenvalue weighted by molar-refractivity contribution is -0.121. The molecule has 2 heterocycles. The second-order valence-corrected chi connectivity index (χ2v) is 5.61. The summed E-state index contributed by atoms with van der Waals surface area (Å²) in [5, 5.41) is 13.3. The van der Waals surface area contributed by atoms with E-state index in [4.69, 9.17) is 5.73 Å². The first-order chi connectivity index (χ1) is 8.69. The van der Waals surface area contributed by atoms with Gasteiger partial charge in [0.25, 0.3) is 0 Å². The molecule has 1 amide bonds. The summed E-state index contributed by atoms with van der Waals surface area (Å²) in [6, 6.07) is 0. The number of carbonyl (C=O) groups is 1. The molecular formula is C11H19N5OS. The number of nitrogens with zero attached hydrogens (tertiary/aromatic N) is 3. The SMILES string of the molecule is CCCNc1nnc(CN2CCC(C(N)=O)C2)s1. The third-order valence-corrected chi connectivity index (χ3v) is 3.89. The highest BCUT2D eigenvalue weighted by molar-refractivity contribution is 7.15. The van der Waals surface area contributed by atoms with Crippen LogP contribution in [0.3, 0.4) is 0 Å². The number of likely N-dealkylation sites (tertiary alicyclic amines) is 1. The molecular weight excluding hydrogens is 250 g/mol. The normalized spacial score (nSPS) is 20.2. The fourth-order valence-electron chi connectivity index (χ4n) is 2.02. The Hall–Kier alpha value is -1.21. The number of hydrogen-bond donors (Lipinski definition) is 2. The predicted molar refractivity (Wildman–Crippen MR) is 71.3 cm³/mol. The summed E-state index contributed by atoms with van der Waals surface area (Å²) in [7, 11) is 0. The maximum absolute atomic E-state index is 11.1. The van der Waals surface area contributed by atoms with Gasteiger partial charge in [-0.15, -0.1) is 10.2 Å². The number of nitrogens with one attached hydrogen (secondary N) is 1. The number of rotatable bonds is 6. The smallest absolute Gasteiger partial charge is 0.221 e. The Balaban J connectivity index is 1.83. The number of aromatic nitrogens is 2. The van der Waals surface area contributed by atoms with E-state index in [-0.39, 0.29) is 11.8 Å². The van der Waals surface area contributed by atoms with Gasteiger partial charge in [-0.25, -0.2) is 0 Å². The molecule has 0 aromatic carbocycles. The van der Waals surface area contributed by atoms with Crippen molar-refractivity contribution < 1.29 is 4.79 Å². The van der Waals surface area contributed by atoms with Crippen LogP contribution in [0.4, 0.5) is 5.13 Å². The molecule has 1 aromatic heterocycles. The minimum Gasteiger partial charge on any atom is -0.369 e. The third kappa shape index (κ3) is 3.39. The molecule has 3 N–H and O–H groups in total. The third-order valence-electron chi connectivity index (χ3n) is 3.03. The van der Waals surface area contributed by atoms with E-state index >= 15 is 0 Å². The first kappa shape index (κ1) is 13.2. The number of primary amides is 1. The van der Waals surface area contributed by atoms with E-state index in [0.29, 0.717) is 0 Å². The van der Waals surface area contributed by atoms with Crippen molar-refractivity contribution in [1.29, 1.82) is 0 Å². The summed E-state index contributed by atoms with van der Waals surface area (Å²) >= 11 is 1.58. The summed E-state index contributed by atoms with van der Waals surface area (Å²) in [5.74, 6) is -0.198. The van der Waals surface area contributed by atoms with Crippen LogP contribution in [0, 0.1) is 5.92 Å². The molecule has 7 heteroatoms. The Labute approximate surface area is 111 Å². The van der Waals surface area contributed by atoms with Crippen molar-refractivity contribution in [2.24, 2.45) is 11.7 Å². The summed E-state index contributed by atoms with van der Waals surface area (Å²) in [5.41, 5.74) is 5.31. The summed E-state index contributed by atoms with van der Waals surface area (Å²) in [6.07, 6.45) is 1.93. The van der Waals surface area contributed by atoms with Crippen molar-refractivity contribution in [2.75, 3.05) is 25.0 Å². The van der Waals surface area contributed by atoms with Crippen LogP contribution in [0.15, 0.2) is 0 Å². The Kier molecular flexibility index (Phi) is 4.48. The van der Waals surface area contributed by atoms with Crippen LogP contribution in [-0.4, -0.2) is 40.6 Å². The molecule has 0 spiro atoms. The van der Waals surface area contributed by atoms with Gasteiger partial charge >= 0.3 is 0 Å².